The lowest BCUT2D eigenvalue weighted by Gasteiger charge is -2.28. The van der Waals surface area contributed by atoms with Crippen LogP contribution in [0.4, 0.5) is 34.1 Å². The quantitative estimate of drug-likeness (QED) is 0.152. The fraction of sp³-hybridized carbons (Fsp3) is 0. The topological polar surface area (TPSA) is 6.48 Å². The molecule has 0 aliphatic heterocycles. The molecule has 0 amide bonds. The molecule has 4 heteroatoms. The predicted octanol–water partition coefficient (Wildman–Crippen LogP) is 16.7. The van der Waals surface area contributed by atoms with Crippen molar-refractivity contribution < 1.29 is 0 Å². The summed E-state index contributed by atoms with van der Waals surface area (Å²) in [5.41, 5.74) is 11.7. The fourth-order valence-electron chi connectivity index (χ4n) is 8.41. The summed E-state index contributed by atoms with van der Waals surface area (Å²) in [4.78, 5) is 4.86. The molecular weight excluding hydrogens is 741 g/mol. The van der Waals surface area contributed by atoms with Gasteiger partial charge in [0, 0.05) is 58.4 Å². The number of hydrogen-bond acceptors (Lipinski definition) is 4. The summed E-state index contributed by atoms with van der Waals surface area (Å²) >= 11 is 3.74. The molecule has 0 aliphatic carbocycles. The predicted molar refractivity (Wildman–Crippen MR) is 252 cm³/mol. The van der Waals surface area contributed by atoms with Crippen LogP contribution in [0.5, 0.6) is 0 Å². The summed E-state index contributed by atoms with van der Waals surface area (Å²) in [6, 6.07) is 79.2. The minimum absolute atomic E-state index is 1.11. The van der Waals surface area contributed by atoms with Gasteiger partial charge >= 0.3 is 0 Å². The molecule has 0 radical (unpaired) electrons. The average Bonchev–Trinajstić information content (AvgIpc) is 3.88. The Morgan fingerprint density at radius 1 is 0.293 bits per heavy atom. The van der Waals surface area contributed by atoms with Crippen molar-refractivity contribution in [2.75, 3.05) is 9.80 Å². The zero-order valence-corrected chi connectivity index (χ0v) is 33.1. The molecule has 0 bridgehead atoms. The van der Waals surface area contributed by atoms with Gasteiger partial charge in [0.05, 0.1) is 16.1 Å². The van der Waals surface area contributed by atoms with E-state index in [9.17, 15) is 0 Å². The highest BCUT2D eigenvalue weighted by Gasteiger charge is 2.24. The molecule has 0 saturated heterocycles. The molecule has 0 spiro atoms. The molecule has 0 saturated carbocycles. The maximum Gasteiger partial charge on any atom is 0.0641 e. The third kappa shape index (κ3) is 5.93. The van der Waals surface area contributed by atoms with Crippen LogP contribution in [0.3, 0.4) is 0 Å². The first kappa shape index (κ1) is 34.3. The van der Waals surface area contributed by atoms with Crippen molar-refractivity contribution in [1.29, 1.82) is 0 Å². The number of hydrogen-bond donors (Lipinski definition) is 0. The van der Waals surface area contributed by atoms with Crippen molar-refractivity contribution in [3.05, 3.63) is 218 Å². The molecule has 58 heavy (non-hydrogen) atoms. The van der Waals surface area contributed by atoms with Gasteiger partial charge in [-0.25, -0.2) is 0 Å². The second kappa shape index (κ2) is 14.5. The Bertz CT molecular complexity index is 3210. The summed E-state index contributed by atoms with van der Waals surface area (Å²) in [6.45, 7) is 0. The van der Waals surface area contributed by atoms with Crippen molar-refractivity contribution in [3.8, 4) is 22.3 Å². The first-order chi connectivity index (χ1) is 28.8. The molecule has 0 fully saturated rings. The van der Waals surface area contributed by atoms with E-state index >= 15 is 0 Å². The second-order valence-corrected chi connectivity index (χ2v) is 16.6. The van der Waals surface area contributed by atoms with E-state index in [0.29, 0.717) is 0 Å². The Kier molecular flexibility index (Phi) is 8.58. The first-order valence-corrected chi connectivity index (χ1v) is 21.2. The number of nitrogens with zero attached hydrogens (tertiary/aromatic N) is 2. The number of fused-ring (bicyclic) bond motifs is 6. The van der Waals surface area contributed by atoms with Crippen molar-refractivity contribution >= 4 is 97.1 Å². The third-order valence-corrected chi connectivity index (χ3v) is 13.4. The van der Waals surface area contributed by atoms with Gasteiger partial charge < -0.3 is 9.80 Å². The van der Waals surface area contributed by atoms with Crippen molar-refractivity contribution in [3.63, 3.8) is 0 Å². The highest BCUT2D eigenvalue weighted by Crippen LogP contribution is 2.51. The Balaban J connectivity index is 1.13. The fourth-order valence-corrected chi connectivity index (χ4v) is 10.8. The first-order valence-electron chi connectivity index (χ1n) is 19.6. The monoisotopic (exact) mass is 776 g/mol. The Hall–Kier alpha value is -6.98. The van der Waals surface area contributed by atoms with E-state index in [1.54, 1.807) is 0 Å². The molecule has 0 atom stereocenters. The second-order valence-electron chi connectivity index (χ2n) is 14.5. The van der Waals surface area contributed by atoms with Gasteiger partial charge in [-0.15, -0.1) is 22.7 Å². The van der Waals surface area contributed by atoms with E-state index < -0.39 is 0 Å². The SMILES string of the molecule is c1ccc(-c2ccc(N(c3ccccc3)c3ccc4sc5cccc(N(c6ccccc6)c6ccc(-c7ccccc7)c7c6sc6ccccc67)c5c4c3)cc2)cc1. The van der Waals surface area contributed by atoms with Gasteiger partial charge in [0.2, 0.25) is 0 Å². The minimum atomic E-state index is 1.11. The van der Waals surface area contributed by atoms with Gasteiger partial charge in [0.1, 0.15) is 0 Å². The average molecular weight is 777 g/mol. The number of benzene rings is 9. The molecule has 2 heterocycles. The summed E-state index contributed by atoms with van der Waals surface area (Å²) < 4.78 is 5.09. The molecule has 2 nitrogen and oxygen atoms in total. The molecule has 0 aliphatic rings. The summed E-state index contributed by atoms with van der Waals surface area (Å²) in [5, 5.41) is 5.08. The van der Waals surface area contributed by atoms with Gasteiger partial charge in [-0.2, -0.15) is 0 Å². The maximum absolute atomic E-state index is 2.49. The summed E-state index contributed by atoms with van der Waals surface area (Å²) in [7, 11) is 0. The van der Waals surface area contributed by atoms with E-state index in [0.717, 1.165) is 28.4 Å². The highest BCUT2D eigenvalue weighted by molar-refractivity contribution is 7.26. The van der Waals surface area contributed by atoms with Gasteiger partial charge in [-0.1, -0.05) is 140 Å². The van der Waals surface area contributed by atoms with Gasteiger partial charge in [0.25, 0.3) is 0 Å². The van der Waals surface area contributed by atoms with Crippen LogP contribution in [0, 0.1) is 0 Å². The van der Waals surface area contributed by atoms with E-state index in [1.165, 1.54) is 68.3 Å². The Morgan fingerprint density at radius 2 is 0.845 bits per heavy atom. The minimum Gasteiger partial charge on any atom is -0.310 e. The number of thiophene rings is 2. The molecule has 9 aromatic carbocycles. The van der Waals surface area contributed by atoms with Crippen LogP contribution in [0.2, 0.25) is 0 Å². The van der Waals surface area contributed by atoms with Crippen molar-refractivity contribution in [2.45, 2.75) is 0 Å². The molecule has 2 aromatic heterocycles. The molecular formula is C54H36N2S2. The van der Waals surface area contributed by atoms with Gasteiger partial charge in [-0.05, 0) is 101 Å². The number of rotatable bonds is 8. The maximum atomic E-state index is 2.49. The van der Waals surface area contributed by atoms with Crippen LogP contribution in [0.15, 0.2) is 218 Å². The molecule has 11 rings (SSSR count). The molecule has 274 valence electrons. The van der Waals surface area contributed by atoms with E-state index in [-0.39, 0.29) is 0 Å². The summed E-state index contributed by atoms with van der Waals surface area (Å²) in [5.74, 6) is 0. The van der Waals surface area contributed by atoms with E-state index in [4.69, 9.17) is 0 Å². The van der Waals surface area contributed by atoms with Crippen LogP contribution in [0.1, 0.15) is 0 Å². The van der Waals surface area contributed by atoms with Crippen LogP contribution >= 0.6 is 22.7 Å². The van der Waals surface area contributed by atoms with Crippen LogP contribution in [0.25, 0.3) is 62.6 Å². The third-order valence-electron chi connectivity index (χ3n) is 11.0. The highest BCUT2D eigenvalue weighted by atomic mass is 32.1. The van der Waals surface area contributed by atoms with Crippen LogP contribution < -0.4 is 9.80 Å². The lowest BCUT2D eigenvalue weighted by atomic mass is 9.98. The van der Waals surface area contributed by atoms with Crippen molar-refractivity contribution in [2.24, 2.45) is 0 Å². The smallest absolute Gasteiger partial charge is 0.0641 e. The zero-order valence-electron chi connectivity index (χ0n) is 31.5. The Labute approximate surface area is 345 Å². The Morgan fingerprint density at radius 3 is 1.57 bits per heavy atom. The normalized spacial score (nSPS) is 11.4. The number of anilines is 6. The summed E-state index contributed by atoms with van der Waals surface area (Å²) in [6.07, 6.45) is 0. The largest absolute Gasteiger partial charge is 0.310 e. The van der Waals surface area contributed by atoms with Crippen LogP contribution in [-0.4, -0.2) is 0 Å². The molecule has 11 aromatic rings. The van der Waals surface area contributed by atoms with Gasteiger partial charge in [-0.3, -0.25) is 0 Å². The molecule has 0 unspecified atom stereocenters. The van der Waals surface area contributed by atoms with Crippen molar-refractivity contribution in [1.82, 2.24) is 0 Å². The van der Waals surface area contributed by atoms with Gasteiger partial charge in [0.15, 0.2) is 0 Å². The zero-order chi connectivity index (χ0) is 38.4. The molecule has 0 N–H and O–H groups in total. The lowest BCUT2D eigenvalue weighted by molar-refractivity contribution is 1.29. The lowest BCUT2D eigenvalue weighted by Crippen LogP contribution is -2.11. The van der Waals surface area contributed by atoms with E-state index in [1.807, 2.05) is 22.7 Å². The standard InChI is InChI=1S/C54H36N2S2/c1-5-16-37(17-6-1)38-28-30-42(31-29-38)55(40-20-9-3-10-21-40)43-32-35-50-46(36-43)53-47(25-15-27-51(53)57-50)56(41-22-11-4-12-23-41)48-34-33-44(39-18-7-2-8-19-39)52-45-24-13-14-26-49(45)58-54(48)52/h1-36H. The number of para-hydroxylation sites is 2. The van der Waals surface area contributed by atoms with E-state index in [2.05, 4.69) is 228 Å². The van der Waals surface area contributed by atoms with Crippen LogP contribution in [-0.2, 0) is 0 Å².